The number of phenols is 1. The maximum Gasteiger partial charge on any atom is 0.246 e. The SMILES string of the molecule is O=C1CN=C(c2ccc(Cl)cc2)c2cc(O)ccc2N1. The van der Waals surface area contributed by atoms with Crippen LogP contribution in [0.1, 0.15) is 11.1 Å². The molecule has 20 heavy (non-hydrogen) atoms. The van der Waals surface area contributed by atoms with Crippen molar-refractivity contribution in [1.29, 1.82) is 0 Å². The van der Waals surface area contributed by atoms with Crippen molar-refractivity contribution in [3.63, 3.8) is 0 Å². The van der Waals surface area contributed by atoms with Crippen LogP contribution in [-0.4, -0.2) is 23.3 Å². The van der Waals surface area contributed by atoms with Crippen LogP contribution in [0.4, 0.5) is 5.69 Å². The zero-order valence-corrected chi connectivity index (χ0v) is 11.2. The van der Waals surface area contributed by atoms with Gasteiger partial charge in [0.1, 0.15) is 12.3 Å². The van der Waals surface area contributed by atoms with Crippen LogP contribution in [0.3, 0.4) is 0 Å². The van der Waals surface area contributed by atoms with Gasteiger partial charge in [-0.2, -0.15) is 0 Å². The summed E-state index contributed by atoms with van der Waals surface area (Å²) in [7, 11) is 0. The van der Waals surface area contributed by atoms with Gasteiger partial charge in [-0.3, -0.25) is 9.79 Å². The summed E-state index contributed by atoms with van der Waals surface area (Å²) in [6.45, 7) is 0.0490. The number of phenolic OH excluding ortho intramolecular Hbond substituents is 1. The number of hydrogen-bond acceptors (Lipinski definition) is 3. The maximum absolute atomic E-state index is 11.7. The summed E-state index contributed by atoms with van der Waals surface area (Å²) in [5.41, 5.74) is 2.83. The van der Waals surface area contributed by atoms with Gasteiger partial charge in [0.25, 0.3) is 0 Å². The number of carbonyl (C=O) groups is 1. The van der Waals surface area contributed by atoms with E-state index in [4.69, 9.17) is 11.6 Å². The number of anilines is 1. The summed E-state index contributed by atoms with van der Waals surface area (Å²) in [6.07, 6.45) is 0. The van der Waals surface area contributed by atoms with Gasteiger partial charge in [-0.25, -0.2) is 0 Å². The number of nitrogens with zero attached hydrogens (tertiary/aromatic N) is 1. The van der Waals surface area contributed by atoms with Crippen molar-refractivity contribution in [1.82, 2.24) is 0 Å². The number of carbonyl (C=O) groups excluding carboxylic acids is 1. The summed E-state index contributed by atoms with van der Waals surface area (Å²) in [6, 6.07) is 12.0. The molecule has 2 aromatic rings. The first-order valence-corrected chi connectivity index (χ1v) is 6.45. The van der Waals surface area contributed by atoms with Crippen molar-refractivity contribution in [3.05, 3.63) is 58.6 Å². The Kier molecular flexibility index (Phi) is 3.16. The third-order valence-corrected chi connectivity index (χ3v) is 3.28. The van der Waals surface area contributed by atoms with Crippen molar-refractivity contribution < 1.29 is 9.90 Å². The van der Waals surface area contributed by atoms with Crippen LogP contribution in [0.2, 0.25) is 5.02 Å². The van der Waals surface area contributed by atoms with Crippen molar-refractivity contribution >= 4 is 28.9 Å². The summed E-state index contributed by atoms with van der Waals surface area (Å²) in [5, 5.41) is 13.1. The number of amides is 1. The van der Waals surface area contributed by atoms with E-state index in [1.165, 1.54) is 6.07 Å². The molecule has 0 spiro atoms. The molecule has 0 unspecified atom stereocenters. The molecular formula is C15H11ClN2O2. The highest BCUT2D eigenvalue weighted by molar-refractivity contribution is 6.30. The summed E-state index contributed by atoms with van der Waals surface area (Å²) in [4.78, 5) is 16.0. The van der Waals surface area contributed by atoms with E-state index in [2.05, 4.69) is 10.3 Å². The van der Waals surface area contributed by atoms with Crippen molar-refractivity contribution in [3.8, 4) is 5.75 Å². The number of benzene rings is 2. The molecule has 3 rings (SSSR count). The molecule has 0 atom stereocenters. The average molecular weight is 287 g/mol. The summed E-state index contributed by atoms with van der Waals surface area (Å²) in [5.74, 6) is -0.0533. The molecule has 0 saturated carbocycles. The van der Waals surface area contributed by atoms with E-state index >= 15 is 0 Å². The quantitative estimate of drug-likeness (QED) is 0.792. The average Bonchev–Trinajstić information content (AvgIpc) is 2.58. The highest BCUT2D eigenvalue weighted by atomic mass is 35.5. The van der Waals surface area contributed by atoms with E-state index in [-0.39, 0.29) is 18.2 Å². The topological polar surface area (TPSA) is 61.7 Å². The predicted molar refractivity (Wildman–Crippen MR) is 78.7 cm³/mol. The Morgan fingerprint density at radius 3 is 2.65 bits per heavy atom. The van der Waals surface area contributed by atoms with Crippen molar-refractivity contribution in [2.24, 2.45) is 4.99 Å². The first kappa shape index (κ1) is 12.7. The van der Waals surface area contributed by atoms with E-state index in [1.807, 2.05) is 12.1 Å². The molecule has 0 aliphatic carbocycles. The Hall–Kier alpha value is -2.33. The van der Waals surface area contributed by atoms with Gasteiger partial charge in [0.05, 0.1) is 11.4 Å². The third kappa shape index (κ3) is 2.38. The number of rotatable bonds is 1. The highest BCUT2D eigenvalue weighted by Crippen LogP contribution is 2.26. The minimum absolute atomic E-state index is 0.0490. The van der Waals surface area contributed by atoms with Gasteiger partial charge in [-0.05, 0) is 30.3 Å². The Bertz CT molecular complexity index is 708. The molecule has 1 aliphatic rings. The number of halogens is 1. The van der Waals surface area contributed by atoms with Crippen molar-refractivity contribution in [2.45, 2.75) is 0 Å². The molecule has 0 radical (unpaired) electrons. The lowest BCUT2D eigenvalue weighted by Gasteiger charge is -2.10. The van der Waals surface area contributed by atoms with Crippen molar-refractivity contribution in [2.75, 3.05) is 11.9 Å². The lowest BCUT2D eigenvalue weighted by molar-refractivity contribution is -0.114. The van der Waals surface area contributed by atoms with Crippen LogP contribution in [0.15, 0.2) is 47.5 Å². The molecule has 0 fully saturated rings. The Balaban J connectivity index is 2.17. The molecule has 2 aromatic carbocycles. The Morgan fingerprint density at radius 1 is 1.15 bits per heavy atom. The van der Waals surface area contributed by atoms with E-state index < -0.39 is 0 Å². The zero-order chi connectivity index (χ0) is 14.1. The van der Waals surface area contributed by atoms with Gasteiger partial charge in [0.15, 0.2) is 0 Å². The molecule has 1 heterocycles. The van der Waals surface area contributed by atoms with Crippen LogP contribution in [0, 0.1) is 0 Å². The molecule has 2 N–H and O–H groups in total. The smallest absolute Gasteiger partial charge is 0.246 e. The highest BCUT2D eigenvalue weighted by Gasteiger charge is 2.18. The molecular weight excluding hydrogens is 276 g/mol. The van der Waals surface area contributed by atoms with Crippen LogP contribution < -0.4 is 5.32 Å². The normalized spacial score (nSPS) is 14.1. The lowest BCUT2D eigenvalue weighted by atomic mass is 10.0. The second-order valence-corrected chi connectivity index (χ2v) is 4.89. The first-order valence-electron chi connectivity index (χ1n) is 6.07. The minimum Gasteiger partial charge on any atom is -0.508 e. The predicted octanol–water partition coefficient (Wildman–Crippen LogP) is 2.84. The monoisotopic (exact) mass is 286 g/mol. The fourth-order valence-electron chi connectivity index (χ4n) is 2.12. The largest absolute Gasteiger partial charge is 0.508 e. The molecule has 5 heteroatoms. The maximum atomic E-state index is 11.7. The molecule has 4 nitrogen and oxygen atoms in total. The van der Waals surface area contributed by atoms with Gasteiger partial charge in [-0.15, -0.1) is 0 Å². The van der Waals surface area contributed by atoms with Gasteiger partial charge in [-0.1, -0.05) is 23.7 Å². The van der Waals surface area contributed by atoms with E-state index in [1.54, 1.807) is 24.3 Å². The second-order valence-electron chi connectivity index (χ2n) is 4.45. The van der Waals surface area contributed by atoms with Gasteiger partial charge >= 0.3 is 0 Å². The number of hydrogen-bond donors (Lipinski definition) is 2. The molecule has 0 saturated heterocycles. The Labute approximate surface area is 120 Å². The fraction of sp³-hybridized carbons (Fsp3) is 0.0667. The number of aromatic hydroxyl groups is 1. The summed E-state index contributed by atoms with van der Waals surface area (Å²) < 4.78 is 0. The van der Waals surface area contributed by atoms with Crippen LogP contribution in [-0.2, 0) is 4.79 Å². The fourth-order valence-corrected chi connectivity index (χ4v) is 2.24. The summed E-state index contributed by atoms with van der Waals surface area (Å²) >= 11 is 5.89. The molecule has 100 valence electrons. The first-order chi connectivity index (χ1) is 9.63. The molecule has 1 amide bonds. The second kappa shape index (κ2) is 4.98. The van der Waals surface area contributed by atoms with E-state index in [9.17, 15) is 9.90 Å². The number of fused-ring (bicyclic) bond motifs is 1. The van der Waals surface area contributed by atoms with E-state index in [0.29, 0.717) is 22.0 Å². The number of aliphatic imine (C=N–C) groups is 1. The van der Waals surface area contributed by atoms with Gasteiger partial charge in [0, 0.05) is 16.1 Å². The van der Waals surface area contributed by atoms with Gasteiger partial charge in [0.2, 0.25) is 5.91 Å². The standard InChI is InChI=1S/C15H11ClN2O2/c16-10-3-1-9(2-4-10)15-12-7-11(19)5-6-13(12)18-14(20)8-17-15/h1-7,19H,8H2,(H,18,20). The Morgan fingerprint density at radius 2 is 1.90 bits per heavy atom. The van der Waals surface area contributed by atoms with E-state index in [0.717, 1.165) is 5.56 Å². The van der Waals surface area contributed by atoms with Crippen LogP contribution in [0.25, 0.3) is 0 Å². The van der Waals surface area contributed by atoms with Crippen LogP contribution in [0.5, 0.6) is 5.75 Å². The molecule has 1 aliphatic heterocycles. The van der Waals surface area contributed by atoms with Crippen LogP contribution >= 0.6 is 11.6 Å². The minimum atomic E-state index is -0.180. The lowest BCUT2D eigenvalue weighted by Crippen LogP contribution is -2.13. The number of nitrogens with one attached hydrogen (secondary N) is 1. The molecule has 0 bridgehead atoms. The van der Waals surface area contributed by atoms with Gasteiger partial charge < -0.3 is 10.4 Å². The third-order valence-electron chi connectivity index (χ3n) is 3.03. The zero-order valence-electron chi connectivity index (χ0n) is 10.4. The molecule has 0 aromatic heterocycles. The number of benzodiazepines with no additional fused rings is 1.